The molecule has 124 valence electrons. The molecule has 1 heterocycles. The monoisotopic (exact) mass is 370 g/mol. The lowest BCUT2D eigenvalue weighted by atomic mass is 9.98. The molecule has 1 aromatic rings. The third-order valence-corrected chi connectivity index (χ3v) is 4.35. The van der Waals surface area contributed by atoms with E-state index in [0.29, 0.717) is 11.7 Å². The predicted molar refractivity (Wildman–Crippen MR) is 94.5 cm³/mol. The number of hydrogen-bond acceptors (Lipinski definition) is 5. The van der Waals surface area contributed by atoms with Crippen LogP contribution in [0.1, 0.15) is 5.56 Å². The lowest BCUT2D eigenvalue weighted by Gasteiger charge is -2.19. The van der Waals surface area contributed by atoms with E-state index < -0.39 is 0 Å². The van der Waals surface area contributed by atoms with Gasteiger partial charge in [-0.15, -0.1) is 0 Å². The van der Waals surface area contributed by atoms with E-state index in [9.17, 15) is 5.11 Å². The van der Waals surface area contributed by atoms with Crippen LogP contribution in [0.25, 0.3) is 0 Å². The van der Waals surface area contributed by atoms with Crippen molar-refractivity contribution in [1.29, 1.82) is 0 Å². The van der Waals surface area contributed by atoms with E-state index in [1.165, 1.54) is 0 Å². The van der Waals surface area contributed by atoms with Crippen LogP contribution in [0, 0.1) is 5.92 Å². The fraction of sp³-hybridized carbons (Fsp3) is 0.625. The molecule has 1 aliphatic heterocycles. The van der Waals surface area contributed by atoms with Gasteiger partial charge in [-0.05, 0) is 49.2 Å². The van der Waals surface area contributed by atoms with Gasteiger partial charge in [0.15, 0.2) is 0 Å². The van der Waals surface area contributed by atoms with Crippen molar-refractivity contribution in [1.82, 2.24) is 21.3 Å². The van der Waals surface area contributed by atoms with Gasteiger partial charge in [0.2, 0.25) is 0 Å². The summed E-state index contributed by atoms with van der Waals surface area (Å²) in [6.45, 7) is 7.85. The molecule has 1 saturated heterocycles. The summed E-state index contributed by atoms with van der Waals surface area (Å²) in [7, 11) is 0. The molecule has 0 saturated carbocycles. The molecule has 0 aromatic heterocycles. The quantitative estimate of drug-likeness (QED) is 0.529. The summed E-state index contributed by atoms with van der Waals surface area (Å²) in [6.07, 6.45) is 0.867. The van der Waals surface area contributed by atoms with Crippen molar-refractivity contribution in [3.63, 3.8) is 0 Å². The standard InChI is InChI=1S/C16H27BrN4O/c17-15-1-2-16(22)14(10-15)9-13-11-20-7-5-18-3-4-19-6-8-21-12-13/h1-2,10,13,18-22H,3-9,11-12H2. The Labute approximate surface area is 141 Å². The number of aromatic hydroxyl groups is 1. The van der Waals surface area contributed by atoms with Crippen LogP contribution in [0.3, 0.4) is 0 Å². The van der Waals surface area contributed by atoms with Crippen LogP contribution in [0.15, 0.2) is 22.7 Å². The van der Waals surface area contributed by atoms with Crippen molar-refractivity contribution >= 4 is 15.9 Å². The smallest absolute Gasteiger partial charge is 0.118 e. The normalized spacial score (nSPS) is 19.9. The minimum Gasteiger partial charge on any atom is -0.508 e. The van der Waals surface area contributed by atoms with E-state index in [4.69, 9.17) is 0 Å². The number of rotatable bonds is 2. The highest BCUT2D eigenvalue weighted by Gasteiger charge is 2.12. The Balaban J connectivity index is 1.91. The van der Waals surface area contributed by atoms with E-state index >= 15 is 0 Å². The molecule has 0 bridgehead atoms. The van der Waals surface area contributed by atoms with E-state index in [2.05, 4.69) is 37.2 Å². The summed E-state index contributed by atoms with van der Waals surface area (Å²) in [5.74, 6) is 0.843. The lowest BCUT2D eigenvalue weighted by molar-refractivity contribution is 0.423. The first kappa shape index (κ1) is 17.7. The molecule has 1 aromatic carbocycles. The minimum atomic E-state index is 0.384. The summed E-state index contributed by atoms with van der Waals surface area (Å²) < 4.78 is 1.01. The molecule has 1 aliphatic rings. The van der Waals surface area contributed by atoms with Gasteiger partial charge in [0.1, 0.15) is 5.75 Å². The molecule has 0 unspecified atom stereocenters. The maximum absolute atomic E-state index is 10.0. The summed E-state index contributed by atoms with van der Waals surface area (Å²) in [5, 5.41) is 23.9. The molecule has 0 aliphatic carbocycles. The van der Waals surface area contributed by atoms with Crippen LogP contribution < -0.4 is 21.3 Å². The van der Waals surface area contributed by atoms with Crippen molar-refractivity contribution in [2.24, 2.45) is 5.92 Å². The maximum Gasteiger partial charge on any atom is 0.118 e. The zero-order valence-corrected chi connectivity index (χ0v) is 14.6. The number of nitrogens with one attached hydrogen (secondary N) is 4. The van der Waals surface area contributed by atoms with Crippen molar-refractivity contribution in [3.05, 3.63) is 28.2 Å². The van der Waals surface area contributed by atoms with Gasteiger partial charge in [-0.3, -0.25) is 0 Å². The summed E-state index contributed by atoms with van der Waals surface area (Å²) in [6, 6.07) is 5.64. The molecule has 2 rings (SSSR count). The van der Waals surface area contributed by atoms with E-state index in [1.54, 1.807) is 6.07 Å². The topological polar surface area (TPSA) is 68.3 Å². The Morgan fingerprint density at radius 3 is 2.05 bits per heavy atom. The first-order chi connectivity index (χ1) is 10.8. The van der Waals surface area contributed by atoms with Gasteiger partial charge in [0.25, 0.3) is 0 Å². The Bertz CT molecular complexity index is 430. The number of phenols is 1. The van der Waals surface area contributed by atoms with Gasteiger partial charge in [0, 0.05) is 43.7 Å². The zero-order chi connectivity index (χ0) is 15.6. The van der Waals surface area contributed by atoms with E-state index in [0.717, 1.165) is 68.8 Å². The Hall–Kier alpha value is -0.660. The summed E-state index contributed by atoms with van der Waals surface area (Å²) >= 11 is 3.48. The van der Waals surface area contributed by atoms with Crippen molar-refractivity contribution in [2.45, 2.75) is 6.42 Å². The number of benzene rings is 1. The highest BCUT2D eigenvalue weighted by atomic mass is 79.9. The average molecular weight is 371 g/mol. The molecule has 1 fully saturated rings. The first-order valence-corrected chi connectivity index (χ1v) is 8.85. The molecular formula is C16H27BrN4O. The Morgan fingerprint density at radius 2 is 1.45 bits per heavy atom. The van der Waals surface area contributed by atoms with Gasteiger partial charge in [0.05, 0.1) is 0 Å². The van der Waals surface area contributed by atoms with Crippen molar-refractivity contribution in [3.8, 4) is 5.75 Å². The van der Waals surface area contributed by atoms with E-state index in [1.807, 2.05) is 12.1 Å². The van der Waals surface area contributed by atoms with Gasteiger partial charge in [-0.25, -0.2) is 0 Å². The fourth-order valence-corrected chi connectivity index (χ4v) is 3.05. The second-order valence-corrected chi connectivity index (χ2v) is 6.67. The Morgan fingerprint density at radius 1 is 0.909 bits per heavy atom. The van der Waals surface area contributed by atoms with Crippen molar-refractivity contribution < 1.29 is 5.11 Å². The molecule has 0 spiro atoms. The molecule has 5 nitrogen and oxygen atoms in total. The largest absolute Gasteiger partial charge is 0.508 e. The molecular weight excluding hydrogens is 344 g/mol. The second-order valence-electron chi connectivity index (χ2n) is 5.75. The lowest BCUT2D eigenvalue weighted by Crippen LogP contribution is -2.36. The number of halogens is 1. The average Bonchev–Trinajstić information content (AvgIpc) is 2.53. The third kappa shape index (κ3) is 6.62. The van der Waals surface area contributed by atoms with Crippen LogP contribution in [-0.2, 0) is 6.42 Å². The SMILES string of the molecule is Oc1ccc(Br)cc1CC1CNCCNCCNCCNC1. The number of hydrogen-bond donors (Lipinski definition) is 5. The predicted octanol–water partition coefficient (Wildman–Crippen LogP) is 0.685. The molecule has 5 N–H and O–H groups in total. The number of phenolic OH excluding ortho intramolecular Hbond substituents is 1. The molecule has 6 heteroatoms. The summed E-state index contributed by atoms with van der Waals surface area (Å²) in [5.41, 5.74) is 1.00. The molecule has 22 heavy (non-hydrogen) atoms. The maximum atomic E-state index is 10.0. The van der Waals surface area contributed by atoms with Crippen LogP contribution in [0.2, 0.25) is 0 Å². The van der Waals surface area contributed by atoms with E-state index in [-0.39, 0.29) is 0 Å². The molecule has 0 amide bonds. The van der Waals surface area contributed by atoms with Gasteiger partial charge < -0.3 is 26.4 Å². The molecule has 0 radical (unpaired) electrons. The van der Waals surface area contributed by atoms with Crippen LogP contribution in [0.4, 0.5) is 0 Å². The highest BCUT2D eigenvalue weighted by molar-refractivity contribution is 9.10. The highest BCUT2D eigenvalue weighted by Crippen LogP contribution is 2.24. The van der Waals surface area contributed by atoms with Crippen LogP contribution in [0.5, 0.6) is 5.75 Å². The van der Waals surface area contributed by atoms with Gasteiger partial charge in [-0.2, -0.15) is 0 Å². The fourth-order valence-electron chi connectivity index (χ4n) is 2.64. The molecule has 0 atom stereocenters. The second kappa shape index (κ2) is 10.2. The Kier molecular flexibility index (Phi) is 8.18. The first-order valence-electron chi connectivity index (χ1n) is 8.06. The van der Waals surface area contributed by atoms with Crippen LogP contribution in [-0.4, -0.2) is 57.5 Å². The van der Waals surface area contributed by atoms with Gasteiger partial charge >= 0.3 is 0 Å². The van der Waals surface area contributed by atoms with Gasteiger partial charge in [-0.1, -0.05) is 15.9 Å². The van der Waals surface area contributed by atoms with Crippen LogP contribution >= 0.6 is 15.9 Å². The third-order valence-electron chi connectivity index (χ3n) is 3.85. The minimum absolute atomic E-state index is 0.384. The summed E-state index contributed by atoms with van der Waals surface area (Å²) in [4.78, 5) is 0. The zero-order valence-electron chi connectivity index (χ0n) is 13.0. The van der Waals surface area contributed by atoms with Crippen molar-refractivity contribution in [2.75, 3.05) is 52.4 Å².